The maximum atomic E-state index is 5.93. The number of nitrogens with zero attached hydrogens (tertiary/aromatic N) is 1. The molecule has 0 bridgehead atoms. The van der Waals surface area contributed by atoms with Crippen LogP contribution in [-0.4, -0.2) is 32.8 Å². The number of benzene rings is 1. The van der Waals surface area contributed by atoms with Gasteiger partial charge in [0.25, 0.3) is 0 Å². The average Bonchev–Trinajstić information content (AvgIpc) is 2.93. The second-order valence-electron chi connectivity index (χ2n) is 5.32. The molecule has 1 aromatic carbocycles. The highest BCUT2D eigenvalue weighted by atomic mass is 16.5. The summed E-state index contributed by atoms with van der Waals surface area (Å²) < 4.78 is 5.93. The Kier molecular flexibility index (Phi) is 3.52. The molecule has 3 nitrogen and oxygen atoms in total. The van der Waals surface area contributed by atoms with Gasteiger partial charge in [0.2, 0.25) is 0 Å². The van der Waals surface area contributed by atoms with Gasteiger partial charge in [-0.05, 0) is 25.8 Å². The predicted octanol–water partition coefficient (Wildman–Crippen LogP) is 2.26. The second-order valence-corrected chi connectivity index (χ2v) is 5.32. The lowest BCUT2D eigenvalue weighted by molar-refractivity contribution is 0.0279. The van der Waals surface area contributed by atoms with E-state index in [1.165, 1.54) is 42.7 Å². The molecule has 3 heteroatoms. The first-order valence-electron chi connectivity index (χ1n) is 7.02. The first-order valence-corrected chi connectivity index (χ1v) is 7.02. The quantitative estimate of drug-likeness (QED) is 0.866. The van der Waals surface area contributed by atoms with Crippen LogP contribution in [0.4, 0.5) is 5.69 Å². The van der Waals surface area contributed by atoms with E-state index in [0.29, 0.717) is 0 Å². The van der Waals surface area contributed by atoms with Crippen molar-refractivity contribution >= 4 is 5.69 Å². The molecule has 3 rings (SSSR count). The lowest BCUT2D eigenvalue weighted by Crippen LogP contribution is -2.34. The maximum Gasteiger partial charge on any atom is 0.0969 e. The van der Waals surface area contributed by atoms with Crippen LogP contribution in [0.3, 0.4) is 0 Å². The van der Waals surface area contributed by atoms with Crippen molar-refractivity contribution in [2.45, 2.75) is 25.9 Å². The minimum absolute atomic E-state index is 0.217. The van der Waals surface area contributed by atoms with E-state index in [9.17, 15) is 0 Å². The molecule has 0 saturated carbocycles. The molecule has 2 aliphatic heterocycles. The van der Waals surface area contributed by atoms with Crippen LogP contribution in [0.25, 0.3) is 0 Å². The Balaban J connectivity index is 1.91. The normalized spacial score (nSPS) is 24.5. The summed E-state index contributed by atoms with van der Waals surface area (Å²) in [4.78, 5) is 2.51. The smallest absolute Gasteiger partial charge is 0.0969 e. The Morgan fingerprint density at radius 2 is 2.11 bits per heavy atom. The SMILES string of the molecule is Cc1ccc(N2CCCC2)c(C2CNCCO2)c1. The molecule has 0 amide bonds. The molecule has 1 unspecified atom stereocenters. The van der Waals surface area contributed by atoms with Gasteiger partial charge in [0.15, 0.2) is 0 Å². The van der Waals surface area contributed by atoms with Gasteiger partial charge >= 0.3 is 0 Å². The molecule has 2 aliphatic rings. The molecule has 2 saturated heterocycles. The number of nitrogens with one attached hydrogen (secondary N) is 1. The lowest BCUT2D eigenvalue weighted by atomic mass is 10.0. The van der Waals surface area contributed by atoms with E-state index in [0.717, 1.165) is 19.7 Å². The molecular weight excluding hydrogens is 224 g/mol. The van der Waals surface area contributed by atoms with Crippen molar-refractivity contribution in [3.05, 3.63) is 29.3 Å². The van der Waals surface area contributed by atoms with Gasteiger partial charge in [-0.15, -0.1) is 0 Å². The van der Waals surface area contributed by atoms with Crippen LogP contribution < -0.4 is 10.2 Å². The van der Waals surface area contributed by atoms with Gasteiger partial charge in [0.05, 0.1) is 12.7 Å². The third-order valence-electron chi connectivity index (χ3n) is 3.90. The Morgan fingerprint density at radius 3 is 2.83 bits per heavy atom. The lowest BCUT2D eigenvalue weighted by Gasteiger charge is -2.29. The van der Waals surface area contributed by atoms with Crippen LogP contribution in [0.1, 0.15) is 30.1 Å². The molecule has 0 spiro atoms. The van der Waals surface area contributed by atoms with Gasteiger partial charge in [-0.2, -0.15) is 0 Å². The van der Waals surface area contributed by atoms with Crippen LogP contribution in [-0.2, 0) is 4.74 Å². The van der Waals surface area contributed by atoms with E-state index >= 15 is 0 Å². The second kappa shape index (κ2) is 5.29. The van der Waals surface area contributed by atoms with Gasteiger partial charge in [-0.25, -0.2) is 0 Å². The van der Waals surface area contributed by atoms with Crippen LogP contribution >= 0.6 is 0 Å². The minimum Gasteiger partial charge on any atom is -0.371 e. The molecule has 2 heterocycles. The number of aryl methyl sites for hydroxylation is 1. The fourth-order valence-electron chi connectivity index (χ4n) is 2.94. The largest absolute Gasteiger partial charge is 0.371 e. The van der Waals surface area contributed by atoms with Crippen LogP contribution in [0, 0.1) is 6.92 Å². The highest BCUT2D eigenvalue weighted by Gasteiger charge is 2.23. The Labute approximate surface area is 109 Å². The van der Waals surface area contributed by atoms with Gasteiger partial charge in [0.1, 0.15) is 0 Å². The van der Waals surface area contributed by atoms with E-state index in [1.807, 2.05) is 0 Å². The third-order valence-corrected chi connectivity index (χ3v) is 3.90. The summed E-state index contributed by atoms with van der Waals surface area (Å²) in [5, 5.41) is 3.43. The molecule has 0 aromatic heterocycles. The third kappa shape index (κ3) is 2.38. The van der Waals surface area contributed by atoms with E-state index < -0.39 is 0 Å². The Bertz CT molecular complexity index is 407. The van der Waals surface area contributed by atoms with Crippen molar-refractivity contribution in [3.63, 3.8) is 0 Å². The van der Waals surface area contributed by atoms with Crippen molar-refractivity contribution in [3.8, 4) is 0 Å². The molecule has 1 N–H and O–H groups in total. The fraction of sp³-hybridized carbons (Fsp3) is 0.600. The molecule has 2 fully saturated rings. The topological polar surface area (TPSA) is 24.5 Å². The number of ether oxygens (including phenoxy) is 1. The molecule has 18 heavy (non-hydrogen) atoms. The van der Waals surface area contributed by atoms with Gasteiger partial charge < -0.3 is 15.0 Å². The number of hydrogen-bond donors (Lipinski definition) is 1. The summed E-state index contributed by atoms with van der Waals surface area (Å²) in [6.45, 7) is 7.27. The predicted molar refractivity (Wildman–Crippen MR) is 74.2 cm³/mol. The first-order chi connectivity index (χ1) is 8.84. The van der Waals surface area contributed by atoms with E-state index in [4.69, 9.17) is 4.74 Å². The van der Waals surface area contributed by atoms with Crippen molar-refractivity contribution in [1.29, 1.82) is 0 Å². The van der Waals surface area contributed by atoms with Gasteiger partial charge in [-0.1, -0.05) is 17.7 Å². The zero-order chi connectivity index (χ0) is 12.4. The van der Waals surface area contributed by atoms with Gasteiger partial charge in [-0.3, -0.25) is 0 Å². The van der Waals surface area contributed by atoms with Crippen molar-refractivity contribution in [2.75, 3.05) is 37.7 Å². The molecule has 0 radical (unpaired) electrons. The number of morpholine rings is 1. The van der Waals surface area contributed by atoms with Gasteiger partial charge in [0, 0.05) is 37.4 Å². The summed E-state index contributed by atoms with van der Waals surface area (Å²) in [5.74, 6) is 0. The standard InChI is InChI=1S/C15H22N2O/c1-12-4-5-14(17-7-2-3-8-17)13(10-12)15-11-16-6-9-18-15/h4-5,10,15-16H,2-3,6-9,11H2,1H3. The van der Waals surface area contributed by atoms with Crippen molar-refractivity contribution in [2.24, 2.45) is 0 Å². The Morgan fingerprint density at radius 1 is 1.28 bits per heavy atom. The molecule has 1 atom stereocenters. The molecule has 1 aromatic rings. The minimum atomic E-state index is 0.217. The van der Waals surface area contributed by atoms with Crippen molar-refractivity contribution in [1.82, 2.24) is 5.32 Å². The summed E-state index contributed by atoms with van der Waals surface area (Å²) in [6.07, 6.45) is 2.85. The highest BCUT2D eigenvalue weighted by Crippen LogP contribution is 2.32. The molecule has 0 aliphatic carbocycles. The number of anilines is 1. The Hall–Kier alpha value is -1.06. The summed E-state index contributed by atoms with van der Waals surface area (Å²) >= 11 is 0. The average molecular weight is 246 g/mol. The number of rotatable bonds is 2. The fourth-order valence-corrected chi connectivity index (χ4v) is 2.94. The summed E-state index contributed by atoms with van der Waals surface area (Å²) in [7, 11) is 0. The monoisotopic (exact) mass is 246 g/mol. The van der Waals surface area contributed by atoms with E-state index in [1.54, 1.807) is 0 Å². The van der Waals surface area contributed by atoms with Crippen LogP contribution in [0.15, 0.2) is 18.2 Å². The molecule has 98 valence electrons. The summed E-state index contributed by atoms with van der Waals surface area (Å²) in [6, 6.07) is 6.78. The first kappa shape index (κ1) is 12.0. The van der Waals surface area contributed by atoms with E-state index in [2.05, 4.69) is 35.3 Å². The molecular formula is C15H22N2O. The highest BCUT2D eigenvalue weighted by molar-refractivity contribution is 5.56. The van der Waals surface area contributed by atoms with Crippen molar-refractivity contribution < 1.29 is 4.74 Å². The zero-order valence-electron chi connectivity index (χ0n) is 11.1. The summed E-state index contributed by atoms with van der Waals surface area (Å²) in [5.41, 5.74) is 4.07. The zero-order valence-corrected chi connectivity index (χ0v) is 11.1. The van der Waals surface area contributed by atoms with Crippen LogP contribution in [0.2, 0.25) is 0 Å². The number of hydrogen-bond acceptors (Lipinski definition) is 3. The maximum absolute atomic E-state index is 5.93. The van der Waals surface area contributed by atoms with E-state index in [-0.39, 0.29) is 6.10 Å². The van der Waals surface area contributed by atoms with Crippen LogP contribution in [0.5, 0.6) is 0 Å².